The van der Waals surface area contributed by atoms with Crippen LogP contribution in [-0.2, 0) is 16.4 Å². The molecule has 0 atom stereocenters. The number of hydrogen-bond donors (Lipinski definition) is 1. The highest BCUT2D eigenvalue weighted by Gasteiger charge is 2.27. The first-order chi connectivity index (χ1) is 13.0. The summed E-state index contributed by atoms with van der Waals surface area (Å²) in [5, 5.41) is 2.88. The lowest BCUT2D eigenvalue weighted by Crippen LogP contribution is -2.29. The van der Waals surface area contributed by atoms with Crippen molar-refractivity contribution in [1.82, 2.24) is 9.62 Å². The summed E-state index contributed by atoms with van der Waals surface area (Å²) < 4.78 is 26.8. The normalized spacial score (nSPS) is 15.0. The molecule has 1 heterocycles. The molecule has 1 saturated heterocycles. The Morgan fingerprint density at radius 2 is 1.81 bits per heavy atom. The van der Waals surface area contributed by atoms with Gasteiger partial charge in [-0.1, -0.05) is 35.9 Å². The van der Waals surface area contributed by atoms with Gasteiger partial charge in [-0.05, 0) is 56.4 Å². The van der Waals surface area contributed by atoms with E-state index in [2.05, 4.69) is 30.4 Å². The van der Waals surface area contributed by atoms with Crippen molar-refractivity contribution in [3.8, 4) is 0 Å². The average molecular weight is 387 g/mol. The van der Waals surface area contributed by atoms with Crippen LogP contribution in [0.25, 0.3) is 0 Å². The summed E-state index contributed by atoms with van der Waals surface area (Å²) in [5.41, 5.74) is 2.86. The second kappa shape index (κ2) is 8.67. The van der Waals surface area contributed by atoms with Crippen LogP contribution in [0.4, 0.5) is 0 Å². The fraction of sp³-hybridized carbons (Fsp3) is 0.381. The lowest BCUT2D eigenvalue weighted by atomic mass is 10.1. The first-order valence-electron chi connectivity index (χ1n) is 9.41. The van der Waals surface area contributed by atoms with Crippen LogP contribution in [0, 0.1) is 6.92 Å². The number of carbonyl (C=O) groups is 1. The van der Waals surface area contributed by atoms with Gasteiger partial charge in [0.25, 0.3) is 5.91 Å². The molecule has 6 heteroatoms. The molecule has 144 valence electrons. The molecule has 5 nitrogen and oxygen atoms in total. The number of nitrogens with one attached hydrogen (secondary N) is 1. The minimum absolute atomic E-state index is 0.191. The second-order valence-electron chi connectivity index (χ2n) is 6.99. The maximum absolute atomic E-state index is 12.6. The van der Waals surface area contributed by atoms with E-state index < -0.39 is 10.0 Å². The van der Waals surface area contributed by atoms with Gasteiger partial charge in [-0.2, -0.15) is 4.31 Å². The molecule has 0 bridgehead atoms. The molecule has 2 aromatic carbocycles. The van der Waals surface area contributed by atoms with Crippen molar-refractivity contribution in [3.05, 3.63) is 65.2 Å². The van der Waals surface area contributed by atoms with Gasteiger partial charge >= 0.3 is 0 Å². The fourth-order valence-electron chi connectivity index (χ4n) is 3.34. The van der Waals surface area contributed by atoms with Gasteiger partial charge in [0.2, 0.25) is 10.0 Å². The number of carbonyl (C=O) groups excluding carboxylic acids is 1. The molecular weight excluding hydrogens is 360 g/mol. The van der Waals surface area contributed by atoms with Crippen LogP contribution >= 0.6 is 0 Å². The van der Waals surface area contributed by atoms with E-state index in [0.29, 0.717) is 25.2 Å². The van der Waals surface area contributed by atoms with Crippen LogP contribution in [0.3, 0.4) is 0 Å². The molecule has 27 heavy (non-hydrogen) atoms. The molecule has 1 aliphatic rings. The highest BCUT2D eigenvalue weighted by atomic mass is 32.2. The Bertz CT molecular complexity index is 903. The van der Waals surface area contributed by atoms with Gasteiger partial charge in [0.1, 0.15) is 0 Å². The zero-order valence-corrected chi connectivity index (χ0v) is 16.5. The molecule has 0 spiro atoms. The molecule has 3 rings (SSSR count). The summed E-state index contributed by atoms with van der Waals surface area (Å²) in [4.78, 5) is 12.6. The molecule has 2 aromatic rings. The molecule has 1 fully saturated rings. The summed E-state index contributed by atoms with van der Waals surface area (Å²) in [6, 6.07) is 14.6. The number of amides is 1. The predicted octanol–water partition coefficient (Wildman–Crippen LogP) is 3.14. The van der Waals surface area contributed by atoms with Crippen molar-refractivity contribution in [1.29, 1.82) is 0 Å². The molecule has 1 amide bonds. The maximum Gasteiger partial charge on any atom is 0.251 e. The summed E-state index contributed by atoms with van der Waals surface area (Å²) in [5.74, 6) is -0.238. The van der Waals surface area contributed by atoms with Gasteiger partial charge in [-0.25, -0.2) is 8.42 Å². The first kappa shape index (κ1) is 19.6. The topological polar surface area (TPSA) is 66.5 Å². The van der Waals surface area contributed by atoms with Crippen molar-refractivity contribution in [3.63, 3.8) is 0 Å². The SMILES string of the molecule is Cc1cccc(CCCNC(=O)c2cccc(S(=O)(=O)N3CCCC3)c2)c1. The lowest BCUT2D eigenvalue weighted by Gasteiger charge is -2.16. The average Bonchev–Trinajstić information content (AvgIpc) is 3.21. The van der Waals surface area contributed by atoms with E-state index in [4.69, 9.17) is 0 Å². The molecule has 0 saturated carbocycles. The number of rotatable bonds is 7. The van der Waals surface area contributed by atoms with Crippen LogP contribution < -0.4 is 5.32 Å². The molecule has 0 radical (unpaired) electrons. The zero-order valence-electron chi connectivity index (χ0n) is 15.6. The van der Waals surface area contributed by atoms with Gasteiger partial charge in [-0.3, -0.25) is 4.79 Å². The maximum atomic E-state index is 12.6. The number of sulfonamides is 1. The summed E-state index contributed by atoms with van der Waals surface area (Å²) in [6.45, 7) is 3.72. The fourth-order valence-corrected chi connectivity index (χ4v) is 4.90. The Hall–Kier alpha value is -2.18. The third-order valence-corrected chi connectivity index (χ3v) is 6.70. The third kappa shape index (κ3) is 4.96. The van der Waals surface area contributed by atoms with Crippen molar-refractivity contribution >= 4 is 15.9 Å². The summed E-state index contributed by atoms with van der Waals surface area (Å²) >= 11 is 0. The number of aryl methyl sites for hydroxylation is 2. The van der Waals surface area contributed by atoms with Crippen LogP contribution in [-0.4, -0.2) is 38.3 Å². The standard InChI is InChI=1S/C21H26N2O3S/c1-17-7-4-8-18(15-17)9-6-12-22-21(24)19-10-5-11-20(16-19)27(25,26)23-13-2-3-14-23/h4-5,7-8,10-11,15-16H,2-3,6,9,12-14H2,1H3,(H,22,24). The van der Waals surface area contributed by atoms with E-state index in [-0.39, 0.29) is 10.8 Å². The van der Waals surface area contributed by atoms with Crippen molar-refractivity contribution in [2.24, 2.45) is 0 Å². The number of hydrogen-bond acceptors (Lipinski definition) is 3. The molecule has 0 aromatic heterocycles. The number of benzene rings is 2. The third-order valence-electron chi connectivity index (χ3n) is 4.81. The van der Waals surface area contributed by atoms with Crippen molar-refractivity contribution in [2.45, 2.75) is 37.5 Å². The minimum Gasteiger partial charge on any atom is -0.352 e. The Balaban J connectivity index is 1.57. The van der Waals surface area contributed by atoms with E-state index in [9.17, 15) is 13.2 Å². The Labute approximate surface area is 161 Å². The van der Waals surface area contributed by atoms with E-state index in [1.54, 1.807) is 18.2 Å². The van der Waals surface area contributed by atoms with Gasteiger partial charge in [-0.15, -0.1) is 0 Å². The molecule has 1 aliphatic heterocycles. The Morgan fingerprint density at radius 1 is 1.07 bits per heavy atom. The quantitative estimate of drug-likeness (QED) is 0.744. The lowest BCUT2D eigenvalue weighted by molar-refractivity contribution is 0.0953. The van der Waals surface area contributed by atoms with Crippen LogP contribution in [0.15, 0.2) is 53.4 Å². The van der Waals surface area contributed by atoms with E-state index in [0.717, 1.165) is 25.7 Å². The van der Waals surface area contributed by atoms with Crippen LogP contribution in [0.1, 0.15) is 40.7 Å². The molecular formula is C21H26N2O3S. The van der Waals surface area contributed by atoms with E-state index in [1.807, 2.05) is 6.07 Å². The van der Waals surface area contributed by atoms with Gasteiger partial charge < -0.3 is 5.32 Å². The Morgan fingerprint density at radius 3 is 2.56 bits per heavy atom. The van der Waals surface area contributed by atoms with E-state index in [1.165, 1.54) is 21.5 Å². The van der Waals surface area contributed by atoms with Crippen LogP contribution in [0.5, 0.6) is 0 Å². The van der Waals surface area contributed by atoms with Gasteiger partial charge in [0.15, 0.2) is 0 Å². The minimum atomic E-state index is -3.51. The predicted molar refractivity (Wildman–Crippen MR) is 106 cm³/mol. The largest absolute Gasteiger partial charge is 0.352 e. The van der Waals surface area contributed by atoms with E-state index >= 15 is 0 Å². The first-order valence-corrected chi connectivity index (χ1v) is 10.8. The second-order valence-corrected chi connectivity index (χ2v) is 8.93. The number of nitrogens with zero attached hydrogens (tertiary/aromatic N) is 1. The highest BCUT2D eigenvalue weighted by molar-refractivity contribution is 7.89. The smallest absolute Gasteiger partial charge is 0.251 e. The zero-order chi connectivity index (χ0) is 19.3. The molecule has 1 N–H and O–H groups in total. The molecule has 0 aliphatic carbocycles. The highest BCUT2D eigenvalue weighted by Crippen LogP contribution is 2.21. The van der Waals surface area contributed by atoms with Gasteiger partial charge in [0, 0.05) is 25.2 Å². The van der Waals surface area contributed by atoms with Gasteiger partial charge in [0.05, 0.1) is 4.90 Å². The summed E-state index contributed by atoms with van der Waals surface area (Å²) in [6.07, 6.45) is 3.51. The Kier molecular flexibility index (Phi) is 6.29. The van der Waals surface area contributed by atoms with Crippen molar-refractivity contribution < 1.29 is 13.2 Å². The van der Waals surface area contributed by atoms with Crippen LogP contribution in [0.2, 0.25) is 0 Å². The summed E-state index contributed by atoms with van der Waals surface area (Å²) in [7, 11) is -3.51. The monoisotopic (exact) mass is 386 g/mol. The molecule has 0 unspecified atom stereocenters. The van der Waals surface area contributed by atoms with Crippen molar-refractivity contribution in [2.75, 3.05) is 19.6 Å².